The van der Waals surface area contributed by atoms with Gasteiger partial charge in [-0.25, -0.2) is 0 Å². The van der Waals surface area contributed by atoms with Crippen LogP contribution in [-0.2, 0) is 6.54 Å². The maximum atomic E-state index is 5.45. The monoisotopic (exact) mass is 299 g/mol. The maximum absolute atomic E-state index is 5.45. The van der Waals surface area contributed by atoms with E-state index >= 15 is 0 Å². The number of hydrogen-bond donors (Lipinski definition) is 1. The van der Waals surface area contributed by atoms with Gasteiger partial charge >= 0.3 is 0 Å². The zero-order valence-electron chi connectivity index (χ0n) is 13.8. The van der Waals surface area contributed by atoms with E-state index in [9.17, 15) is 0 Å². The first kappa shape index (κ1) is 16.4. The molecule has 1 unspecified atom stereocenters. The van der Waals surface area contributed by atoms with Crippen LogP contribution in [-0.4, -0.2) is 14.2 Å². The van der Waals surface area contributed by atoms with Gasteiger partial charge in [0.2, 0.25) is 0 Å². The van der Waals surface area contributed by atoms with Gasteiger partial charge in [0.1, 0.15) is 11.5 Å². The Bertz CT molecular complexity index is 581. The molecule has 3 heteroatoms. The second-order valence-corrected chi connectivity index (χ2v) is 5.69. The summed E-state index contributed by atoms with van der Waals surface area (Å²) in [5.41, 5.74) is 2.41. The average Bonchev–Trinajstić information content (AvgIpc) is 2.55. The van der Waals surface area contributed by atoms with Crippen molar-refractivity contribution in [3.05, 3.63) is 59.7 Å². The smallest absolute Gasteiger partial charge is 0.123 e. The topological polar surface area (TPSA) is 30.5 Å². The standard InChI is InChI=1S/C19H25NO2/c1-14(2)19(15-8-6-5-7-9-15)20-13-16-12-17(21-3)10-11-18(16)22-4/h5-12,14,19-20H,13H2,1-4H3. The molecule has 2 aromatic rings. The Morgan fingerprint density at radius 3 is 2.27 bits per heavy atom. The fraction of sp³-hybridized carbons (Fsp3) is 0.368. The Kier molecular flexibility index (Phi) is 5.84. The van der Waals surface area contributed by atoms with E-state index in [4.69, 9.17) is 9.47 Å². The number of hydrogen-bond acceptors (Lipinski definition) is 3. The van der Waals surface area contributed by atoms with Crippen molar-refractivity contribution in [2.24, 2.45) is 5.92 Å². The summed E-state index contributed by atoms with van der Waals surface area (Å²) in [7, 11) is 3.38. The van der Waals surface area contributed by atoms with Gasteiger partial charge in [0.15, 0.2) is 0 Å². The van der Waals surface area contributed by atoms with Crippen LogP contribution in [0.15, 0.2) is 48.5 Å². The van der Waals surface area contributed by atoms with Crippen molar-refractivity contribution in [2.45, 2.75) is 26.4 Å². The van der Waals surface area contributed by atoms with Gasteiger partial charge in [0.25, 0.3) is 0 Å². The summed E-state index contributed by atoms with van der Waals surface area (Å²) < 4.78 is 10.8. The fourth-order valence-corrected chi connectivity index (χ4v) is 2.64. The Labute approximate surface area is 133 Å². The van der Waals surface area contributed by atoms with E-state index in [2.05, 4.69) is 43.4 Å². The van der Waals surface area contributed by atoms with Crippen LogP contribution in [0, 0.1) is 5.92 Å². The zero-order chi connectivity index (χ0) is 15.9. The fourth-order valence-electron chi connectivity index (χ4n) is 2.64. The molecule has 2 aromatic carbocycles. The third kappa shape index (κ3) is 4.01. The highest BCUT2D eigenvalue weighted by molar-refractivity contribution is 5.40. The summed E-state index contributed by atoms with van der Waals surface area (Å²) in [5.74, 6) is 2.22. The van der Waals surface area contributed by atoms with Crippen molar-refractivity contribution in [2.75, 3.05) is 14.2 Å². The molecular formula is C19H25NO2. The van der Waals surface area contributed by atoms with Gasteiger partial charge in [-0.05, 0) is 29.7 Å². The summed E-state index contributed by atoms with van der Waals surface area (Å²) >= 11 is 0. The van der Waals surface area contributed by atoms with Crippen LogP contribution >= 0.6 is 0 Å². The third-order valence-corrected chi connectivity index (χ3v) is 3.83. The highest BCUT2D eigenvalue weighted by atomic mass is 16.5. The molecule has 0 aromatic heterocycles. The number of nitrogens with one attached hydrogen (secondary N) is 1. The minimum atomic E-state index is 0.303. The molecule has 1 N–H and O–H groups in total. The predicted molar refractivity (Wildman–Crippen MR) is 90.4 cm³/mol. The lowest BCUT2D eigenvalue weighted by atomic mass is 9.96. The first-order valence-corrected chi connectivity index (χ1v) is 7.65. The van der Waals surface area contributed by atoms with E-state index in [0.29, 0.717) is 12.0 Å². The molecule has 3 nitrogen and oxygen atoms in total. The van der Waals surface area contributed by atoms with Gasteiger partial charge in [0, 0.05) is 18.2 Å². The Morgan fingerprint density at radius 1 is 0.955 bits per heavy atom. The van der Waals surface area contributed by atoms with Crippen molar-refractivity contribution in [1.82, 2.24) is 5.32 Å². The van der Waals surface area contributed by atoms with Crippen molar-refractivity contribution in [1.29, 1.82) is 0 Å². The van der Waals surface area contributed by atoms with Gasteiger partial charge in [-0.15, -0.1) is 0 Å². The molecule has 0 bridgehead atoms. The van der Waals surface area contributed by atoms with Crippen LogP contribution in [0.25, 0.3) is 0 Å². The predicted octanol–water partition coefficient (Wildman–Crippen LogP) is 4.19. The van der Waals surface area contributed by atoms with Gasteiger partial charge in [-0.1, -0.05) is 44.2 Å². The lowest BCUT2D eigenvalue weighted by molar-refractivity contribution is 0.383. The lowest BCUT2D eigenvalue weighted by Crippen LogP contribution is -2.25. The summed E-state index contributed by atoms with van der Waals surface area (Å²) in [6, 6.07) is 16.7. The molecule has 1 atom stereocenters. The molecule has 22 heavy (non-hydrogen) atoms. The molecule has 0 aliphatic rings. The number of benzene rings is 2. The molecule has 0 amide bonds. The van der Waals surface area contributed by atoms with E-state index in [1.807, 2.05) is 24.3 Å². The molecule has 0 saturated heterocycles. The molecule has 118 valence electrons. The van der Waals surface area contributed by atoms with E-state index < -0.39 is 0 Å². The number of methoxy groups -OCH3 is 2. The molecule has 0 saturated carbocycles. The molecule has 0 radical (unpaired) electrons. The first-order valence-electron chi connectivity index (χ1n) is 7.65. The van der Waals surface area contributed by atoms with Crippen LogP contribution in [0.1, 0.15) is 31.0 Å². The quantitative estimate of drug-likeness (QED) is 0.831. The molecule has 0 aliphatic heterocycles. The van der Waals surface area contributed by atoms with Gasteiger partial charge in [-0.3, -0.25) is 0 Å². The Balaban J connectivity index is 2.16. The molecule has 0 aliphatic carbocycles. The van der Waals surface area contributed by atoms with Crippen LogP contribution in [0.4, 0.5) is 0 Å². The SMILES string of the molecule is COc1ccc(OC)c(CNC(c2ccccc2)C(C)C)c1. The van der Waals surface area contributed by atoms with E-state index in [-0.39, 0.29) is 0 Å². The summed E-state index contributed by atoms with van der Waals surface area (Å²) in [6.07, 6.45) is 0. The van der Waals surface area contributed by atoms with Crippen molar-refractivity contribution < 1.29 is 9.47 Å². The minimum Gasteiger partial charge on any atom is -0.497 e. The van der Waals surface area contributed by atoms with Crippen LogP contribution in [0.5, 0.6) is 11.5 Å². The van der Waals surface area contributed by atoms with E-state index in [0.717, 1.165) is 23.6 Å². The lowest BCUT2D eigenvalue weighted by Gasteiger charge is -2.23. The number of rotatable bonds is 7. The summed E-state index contributed by atoms with van der Waals surface area (Å²) in [4.78, 5) is 0. The van der Waals surface area contributed by atoms with E-state index in [1.165, 1.54) is 5.56 Å². The maximum Gasteiger partial charge on any atom is 0.123 e. The first-order chi connectivity index (χ1) is 10.7. The van der Waals surface area contributed by atoms with E-state index in [1.54, 1.807) is 14.2 Å². The second kappa shape index (κ2) is 7.85. The normalized spacial score (nSPS) is 12.2. The summed E-state index contributed by atoms with van der Waals surface area (Å²) in [5, 5.41) is 3.64. The van der Waals surface area contributed by atoms with Crippen LogP contribution < -0.4 is 14.8 Å². The van der Waals surface area contributed by atoms with Crippen molar-refractivity contribution >= 4 is 0 Å². The van der Waals surface area contributed by atoms with Gasteiger partial charge in [0.05, 0.1) is 14.2 Å². The minimum absolute atomic E-state index is 0.303. The highest BCUT2D eigenvalue weighted by Gasteiger charge is 2.16. The molecule has 0 fully saturated rings. The third-order valence-electron chi connectivity index (χ3n) is 3.83. The van der Waals surface area contributed by atoms with Gasteiger partial charge < -0.3 is 14.8 Å². The highest BCUT2D eigenvalue weighted by Crippen LogP contribution is 2.26. The van der Waals surface area contributed by atoms with Crippen molar-refractivity contribution in [3.63, 3.8) is 0 Å². The van der Waals surface area contributed by atoms with Gasteiger partial charge in [-0.2, -0.15) is 0 Å². The Morgan fingerprint density at radius 2 is 1.68 bits per heavy atom. The van der Waals surface area contributed by atoms with Crippen LogP contribution in [0.3, 0.4) is 0 Å². The van der Waals surface area contributed by atoms with Crippen molar-refractivity contribution in [3.8, 4) is 11.5 Å². The number of ether oxygens (including phenoxy) is 2. The van der Waals surface area contributed by atoms with Crippen LogP contribution in [0.2, 0.25) is 0 Å². The second-order valence-electron chi connectivity index (χ2n) is 5.69. The summed E-state index contributed by atoms with van der Waals surface area (Å²) in [6.45, 7) is 5.19. The molecular weight excluding hydrogens is 274 g/mol. The molecule has 2 rings (SSSR count). The molecule has 0 heterocycles. The zero-order valence-corrected chi connectivity index (χ0v) is 13.8. The largest absolute Gasteiger partial charge is 0.497 e. The Hall–Kier alpha value is -2.00. The average molecular weight is 299 g/mol. The molecule has 0 spiro atoms.